The maximum atomic E-state index is 11.8. The van der Waals surface area contributed by atoms with E-state index in [-0.39, 0.29) is 18.2 Å². The predicted octanol–water partition coefficient (Wildman–Crippen LogP) is 0.665. The van der Waals surface area contributed by atoms with Crippen molar-refractivity contribution in [3.05, 3.63) is 35.4 Å². The fourth-order valence-electron chi connectivity index (χ4n) is 1.44. The first-order valence-corrected chi connectivity index (χ1v) is 5.33. The van der Waals surface area contributed by atoms with Gasteiger partial charge in [0.15, 0.2) is 5.71 Å². The first kappa shape index (κ1) is 13.2. The number of carbonyl (C=O) groups excluding carboxylic acids is 1. The number of rotatable bonds is 5. The van der Waals surface area contributed by atoms with Crippen LogP contribution in [0.4, 0.5) is 0 Å². The molecule has 1 aromatic rings. The Labute approximate surface area is 100 Å². The number of carbonyl (C=O) groups is 1. The summed E-state index contributed by atoms with van der Waals surface area (Å²) in [6.07, 6.45) is 0. The van der Waals surface area contributed by atoms with Crippen LogP contribution in [0.25, 0.3) is 0 Å². The number of aliphatic hydroxyl groups is 1. The Morgan fingerprint density at radius 3 is 2.76 bits per heavy atom. The molecular formula is C12H16N2O3. The van der Waals surface area contributed by atoms with Crippen LogP contribution in [0.2, 0.25) is 0 Å². The molecular weight excluding hydrogens is 220 g/mol. The molecule has 1 rings (SSSR count). The maximum Gasteiger partial charge on any atom is 0.273 e. The second-order valence-corrected chi connectivity index (χ2v) is 3.30. The minimum absolute atomic E-state index is 0.154. The van der Waals surface area contributed by atoms with Crippen LogP contribution in [-0.4, -0.2) is 30.4 Å². The van der Waals surface area contributed by atoms with Crippen LogP contribution < -0.4 is 5.32 Å². The van der Waals surface area contributed by atoms with Crippen LogP contribution in [-0.2, 0) is 16.2 Å². The summed E-state index contributed by atoms with van der Waals surface area (Å²) in [5.74, 6) is -0.324. The molecule has 0 spiro atoms. The van der Waals surface area contributed by atoms with Gasteiger partial charge in [-0.1, -0.05) is 29.4 Å². The molecule has 1 aromatic carbocycles. The molecule has 0 unspecified atom stereocenters. The van der Waals surface area contributed by atoms with Gasteiger partial charge in [0.25, 0.3) is 5.91 Å². The van der Waals surface area contributed by atoms with E-state index in [1.54, 1.807) is 24.3 Å². The number of hydrogen-bond donors (Lipinski definition) is 2. The number of hydrogen-bond acceptors (Lipinski definition) is 4. The van der Waals surface area contributed by atoms with E-state index in [0.29, 0.717) is 17.7 Å². The quantitative estimate of drug-likeness (QED) is 0.583. The van der Waals surface area contributed by atoms with Crippen molar-refractivity contribution in [1.29, 1.82) is 0 Å². The molecule has 0 saturated carbocycles. The van der Waals surface area contributed by atoms with Crippen LogP contribution in [0.3, 0.4) is 0 Å². The van der Waals surface area contributed by atoms with Crippen molar-refractivity contribution in [3.63, 3.8) is 0 Å². The van der Waals surface area contributed by atoms with E-state index in [9.17, 15) is 9.90 Å². The molecule has 2 N–H and O–H groups in total. The number of benzene rings is 1. The highest BCUT2D eigenvalue weighted by Gasteiger charge is 2.17. The summed E-state index contributed by atoms with van der Waals surface area (Å²) < 4.78 is 0. The van der Waals surface area contributed by atoms with Gasteiger partial charge in [0.05, 0.1) is 6.61 Å². The Morgan fingerprint density at radius 2 is 2.18 bits per heavy atom. The molecule has 5 heteroatoms. The molecule has 0 saturated heterocycles. The monoisotopic (exact) mass is 236 g/mol. The lowest BCUT2D eigenvalue weighted by molar-refractivity contribution is -0.114. The highest BCUT2D eigenvalue weighted by Crippen LogP contribution is 2.10. The van der Waals surface area contributed by atoms with E-state index in [2.05, 4.69) is 15.3 Å². The molecule has 0 fully saturated rings. The third-order valence-electron chi connectivity index (χ3n) is 2.18. The third-order valence-corrected chi connectivity index (χ3v) is 2.18. The van der Waals surface area contributed by atoms with Gasteiger partial charge in [0.1, 0.15) is 7.11 Å². The smallest absolute Gasteiger partial charge is 0.273 e. The zero-order valence-corrected chi connectivity index (χ0v) is 9.93. The van der Waals surface area contributed by atoms with Crippen LogP contribution in [0.15, 0.2) is 29.4 Å². The first-order valence-electron chi connectivity index (χ1n) is 5.33. The molecule has 0 bridgehead atoms. The van der Waals surface area contributed by atoms with Crippen molar-refractivity contribution in [3.8, 4) is 0 Å². The molecule has 0 heterocycles. The highest BCUT2D eigenvalue weighted by atomic mass is 16.6. The Morgan fingerprint density at radius 1 is 1.47 bits per heavy atom. The summed E-state index contributed by atoms with van der Waals surface area (Å²) in [5, 5.41) is 15.6. The SMILES string of the molecule is CCNC(=O)/C(=N\OC)c1ccccc1CO. The van der Waals surface area contributed by atoms with Crippen LogP contribution >= 0.6 is 0 Å². The van der Waals surface area contributed by atoms with Gasteiger partial charge in [-0.3, -0.25) is 4.79 Å². The summed E-state index contributed by atoms with van der Waals surface area (Å²) in [6, 6.07) is 7.02. The Bertz CT molecular complexity index is 416. The largest absolute Gasteiger partial charge is 0.398 e. The molecule has 0 aliphatic carbocycles. The van der Waals surface area contributed by atoms with Crippen molar-refractivity contribution in [2.24, 2.45) is 5.16 Å². The summed E-state index contributed by atoms with van der Waals surface area (Å²) in [7, 11) is 1.38. The summed E-state index contributed by atoms with van der Waals surface area (Å²) in [6.45, 7) is 2.17. The van der Waals surface area contributed by atoms with Gasteiger partial charge >= 0.3 is 0 Å². The first-order chi connectivity index (χ1) is 8.24. The summed E-state index contributed by atoms with van der Waals surface area (Å²) >= 11 is 0. The minimum atomic E-state index is -0.324. The molecule has 0 atom stereocenters. The zero-order chi connectivity index (χ0) is 12.7. The highest BCUT2D eigenvalue weighted by molar-refractivity contribution is 6.45. The Hall–Kier alpha value is -1.88. The molecule has 5 nitrogen and oxygen atoms in total. The molecule has 0 aliphatic heterocycles. The van der Waals surface area contributed by atoms with Gasteiger partial charge < -0.3 is 15.3 Å². The number of aliphatic hydroxyl groups excluding tert-OH is 1. The molecule has 0 radical (unpaired) electrons. The number of oxime groups is 1. The number of nitrogens with one attached hydrogen (secondary N) is 1. The number of nitrogens with zero attached hydrogens (tertiary/aromatic N) is 1. The fourth-order valence-corrected chi connectivity index (χ4v) is 1.44. The lowest BCUT2D eigenvalue weighted by atomic mass is 10.0. The van der Waals surface area contributed by atoms with Crippen LogP contribution in [0.1, 0.15) is 18.1 Å². The summed E-state index contributed by atoms with van der Waals surface area (Å²) in [5.41, 5.74) is 1.37. The van der Waals surface area contributed by atoms with Gasteiger partial charge in [-0.2, -0.15) is 0 Å². The summed E-state index contributed by atoms with van der Waals surface area (Å²) in [4.78, 5) is 16.5. The predicted molar refractivity (Wildman–Crippen MR) is 64.6 cm³/mol. The van der Waals surface area contributed by atoms with Crippen molar-refractivity contribution >= 4 is 11.6 Å². The maximum absolute atomic E-state index is 11.8. The Kier molecular flexibility index (Phi) is 5.16. The van der Waals surface area contributed by atoms with E-state index in [0.717, 1.165) is 0 Å². The van der Waals surface area contributed by atoms with E-state index in [4.69, 9.17) is 0 Å². The van der Waals surface area contributed by atoms with Crippen LogP contribution in [0.5, 0.6) is 0 Å². The molecule has 17 heavy (non-hydrogen) atoms. The van der Waals surface area contributed by atoms with E-state index in [1.807, 2.05) is 6.92 Å². The van der Waals surface area contributed by atoms with Gasteiger partial charge in [0.2, 0.25) is 0 Å². The minimum Gasteiger partial charge on any atom is -0.398 e. The lowest BCUT2D eigenvalue weighted by Gasteiger charge is -2.09. The third kappa shape index (κ3) is 3.29. The second-order valence-electron chi connectivity index (χ2n) is 3.30. The van der Waals surface area contributed by atoms with E-state index in [1.165, 1.54) is 7.11 Å². The topological polar surface area (TPSA) is 70.9 Å². The molecule has 1 amide bonds. The van der Waals surface area contributed by atoms with Crippen molar-refractivity contribution < 1.29 is 14.7 Å². The Balaban J connectivity index is 3.14. The molecule has 0 aliphatic rings. The standard InChI is InChI=1S/C12H16N2O3/c1-3-13-12(16)11(14-17-2)10-7-5-4-6-9(10)8-15/h4-7,15H,3,8H2,1-2H3,(H,13,16)/b14-11-. The van der Waals surface area contributed by atoms with Gasteiger partial charge in [-0.25, -0.2) is 0 Å². The molecule has 0 aromatic heterocycles. The van der Waals surface area contributed by atoms with Crippen molar-refractivity contribution in [2.45, 2.75) is 13.5 Å². The number of amides is 1. The van der Waals surface area contributed by atoms with E-state index < -0.39 is 0 Å². The average Bonchev–Trinajstić information content (AvgIpc) is 2.36. The average molecular weight is 236 g/mol. The van der Waals surface area contributed by atoms with E-state index >= 15 is 0 Å². The molecule has 92 valence electrons. The van der Waals surface area contributed by atoms with Gasteiger partial charge in [0, 0.05) is 12.1 Å². The normalized spacial score (nSPS) is 11.1. The van der Waals surface area contributed by atoms with Gasteiger partial charge in [-0.15, -0.1) is 0 Å². The number of likely N-dealkylation sites (N-methyl/N-ethyl adjacent to an activating group) is 1. The second kappa shape index (κ2) is 6.65. The van der Waals surface area contributed by atoms with Crippen LogP contribution in [0, 0.1) is 0 Å². The van der Waals surface area contributed by atoms with Gasteiger partial charge in [-0.05, 0) is 12.5 Å². The zero-order valence-electron chi connectivity index (χ0n) is 9.93. The fraction of sp³-hybridized carbons (Fsp3) is 0.333. The van der Waals surface area contributed by atoms with Crippen molar-refractivity contribution in [1.82, 2.24) is 5.32 Å². The lowest BCUT2D eigenvalue weighted by Crippen LogP contribution is -2.32. The van der Waals surface area contributed by atoms with Crippen molar-refractivity contribution in [2.75, 3.05) is 13.7 Å².